The number of nitrogens with one attached hydrogen (secondary N) is 1. The molecule has 1 amide bonds. The van der Waals surface area contributed by atoms with Crippen molar-refractivity contribution in [2.45, 2.75) is 18.9 Å². The number of hydrogen-bond acceptors (Lipinski definition) is 6. The molecule has 1 aliphatic rings. The van der Waals surface area contributed by atoms with E-state index in [1.807, 2.05) is 30.3 Å². The standard InChI is InChI=1S/C22H22N4O3/c27-20-8-7-18(29-17-5-2-1-3-6-17)15-19(20)21(28)25-16-9-13-26(14-10-16)22-23-11-4-12-24-22/h1-8,11-12,15-16,27H,9-10,13-14H2,(H,25,28). The van der Waals surface area contributed by atoms with E-state index in [0.717, 1.165) is 25.9 Å². The predicted octanol–water partition coefficient (Wildman–Crippen LogP) is 3.37. The Morgan fingerprint density at radius 2 is 1.72 bits per heavy atom. The highest BCUT2D eigenvalue weighted by Crippen LogP contribution is 2.27. The Labute approximate surface area is 169 Å². The number of phenols is 1. The van der Waals surface area contributed by atoms with Crippen LogP contribution < -0.4 is 15.0 Å². The van der Waals surface area contributed by atoms with Crippen molar-refractivity contribution in [1.82, 2.24) is 15.3 Å². The Kier molecular flexibility index (Phi) is 5.56. The van der Waals surface area contributed by atoms with Crippen LogP contribution in [0.5, 0.6) is 17.2 Å². The molecule has 1 aliphatic heterocycles. The fourth-order valence-electron chi connectivity index (χ4n) is 3.33. The van der Waals surface area contributed by atoms with Crippen LogP contribution in [0.4, 0.5) is 5.95 Å². The van der Waals surface area contributed by atoms with Crippen molar-refractivity contribution in [1.29, 1.82) is 0 Å². The Bertz CT molecular complexity index is 958. The number of nitrogens with zero attached hydrogens (tertiary/aromatic N) is 3. The Morgan fingerprint density at radius 3 is 2.45 bits per heavy atom. The van der Waals surface area contributed by atoms with Gasteiger partial charge in [-0.15, -0.1) is 0 Å². The highest BCUT2D eigenvalue weighted by Gasteiger charge is 2.23. The fraction of sp³-hybridized carbons (Fsp3) is 0.227. The van der Waals surface area contributed by atoms with Gasteiger partial charge in [0, 0.05) is 31.5 Å². The number of anilines is 1. The number of aromatic nitrogens is 2. The molecule has 0 atom stereocenters. The van der Waals surface area contributed by atoms with Crippen molar-refractivity contribution in [2.24, 2.45) is 0 Å². The molecule has 0 radical (unpaired) electrons. The molecule has 2 N–H and O–H groups in total. The van der Waals surface area contributed by atoms with Crippen LogP contribution in [0.15, 0.2) is 67.0 Å². The van der Waals surface area contributed by atoms with E-state index in [4.69, 9.17) is 4.74 Å². The van der Waals surface area contributed by atoms with Gasteiger partial charge in [-0.3, -0.25) is 4.79 Å². The molecule has 0 saturated carbocycles. The number of piperidine rings is 1. The zero-order valence-electron chi connectivity index (χ0n) is 15.9. The van der Waals surface area contributed by atoms with Crippen molar-refractivity contribution >= 4 is 11.9 Å². The van der Waals surface area contributed by atoms with Crippen molar-refractivity contribution in [3.8, 4) is 17.2 Å². The molecule has 3 aromatic rings. The first kappa shape index (κ1) is 18.7. The topological polar surface area (TPSA) is 87.6 Å². The lowest BCUT2D eigenvalue weighted by atomic mass is 10.0. The molecule has 0 unspecified atom stereocenters. The van der Waals surface area contributed by atoms with E-state index >= 15 is 0 Å². The summed E-state index contributed by atoms with van der Waals surface area (Å²) in [6, 6.07) is 15.8. The van der Waals surface area contributed by atoms with Crippen LogP contribution >= 0.6 is 0 Å². The number of para-hydroxylation sites is 1. The van der Waals surface area contributed by atoms with E-state index in [-0.39, 0.29) is 23.3 Å². The second kappa shape index (κ2) is 8.60. The maximum atomic E-state index is 12.7. The van der Waals surface area contributed by atoms with E-state index in [0.29, 0.717) is 17.4 Å². The molecule has 148 valence electrons. The quantitative estimate of drug-likeness (QED) is 0.695. The van der Waals surface area contributed by atoms with Gasteiger partial charge in [0.05, 0.1) is 5.56 Å². The molecule has 7 heteroatoms. The fourth-order valence-corrected chi connectivity index (χ4v) is 3.33. The average Bonchev–Trinajstić information content (AvgIpc) is 2.77. The molecular formula is C22H22N4O3. The number of carbonyl (C=O) groups is 1. The van der Waals surface area contributed by atoms with Gasteiger partial charge in [-0.25, -0.2) is 9.97 Å². The number of ether oxygens (including phenoxy) is 1. The summed E-state index contributed by atoms with van der Waals surface area (Å²) in [7, 11) is 0. The summed E-state index contributed by atoms with van der Waals surface area (Å²) in [5, 5.41) is 13.2. The van der Waals surface area contributed by atoms with Crippen LogP contribution in [-0.4, -0.2) is 40.1 Å². The van der Waals surface area contributed by atoms with Crippen LogP contribution in [0.2, 0.25) is 0 Å². The number of rotatable bonds is 5. The normalized spacial score (nSPS) is 14.4. The molecular weight excluding hydrogens is 368 g/mol. The summed E-state index contributed by atoms with van der Waals surface area (Å²) in [5.74, 6) is 1.49. The summed E-state index contributed by atoms with van der Waals surface area (Å²) in [5.41, 5.74) is 0.201. The number of benzene rings is 2. The first-order chi connectivity index (χ1) is 14.2. The summed E-state index contributed by atoms with van der Waals surface area (Å²) in [6.07, 6.45) is 5.02. The van der Waals surface area contributed by atoms with Gasteiger partial charge in [-0.2, -0.15) is 0 Å². The van der Waals surface area contributed by atoms with Crippen LogP contribution in [-0.2, 0) is 0 Å². The molecule has 1 fully saturated rings. The van der Waals surface area contributed by atoms with Gasteiger partial charge < -0.3 is 20.1 Å². The SMILES string of the molecule is O=C(NC1CCN(c2ncccn2)CC1)c1cc(Oc2ccccc2)ccc1O. The highest BCUT2D eigenvalue weighted by molar-refractivity contribution is 5.97. The van der Waals surface area contributed by atoms with Crippen LogP contribution in [0.3, 0.4) is 0 Å². The molecule has 0 bridgehead atoms. The number of carbonyl (C=O) groups excluding carboxylic acids is 1. The van der Waals surface area contributed by atoms with Gasteiger partial charge in [-0.05, 0) is 49.2 Å². The highest BCUT2D eigenvalue weighted by atomic mass is 16.5. The monoisotopic (exact) mass is 390 g/mol. The lowest BCUT2D eigenvalue weighted by Crippen LogP contribution is -2.45. The third-order valence-corrected chi connectivity index (χ3v) is 4.86. The molecule has 7 nitrogen and oxygen atoms in total. The van der Waals surface area contributed by atoms with Gasteiger partial charge in [0.25, 0.3) is 5.91 Å². The molecule has 2 aromatic carbocycles. The zero-order valence-corrected chi connectivity index (χ0v) is 15.9. The van der Waals surface area contributed by atoms with E-state index in [2.05, 4.69) is 20.2 Å². The lowest BCUT2D eigenvalue weighted by molar-refractivity contribution is 0.0928. The zero-order chi connectivity index (χ0) is 20.1. The third-order valence-electron chi connectivity index (χ3n) is 4.86. The minimum atomic E-state index is -0.310. The van der Waals surface area contributed by atoms with Gasteiger partial charge in [0.1, 0.15) is 17.2 Å². The summed E-state index contributed by atoms with van der Waals surface area (Å²) < 4.78 is 5.77. The molecule has 0 aliphatic carbocycles. The van der Waals surface area contributed by atoms with E-state index < -0.39 is 0 Å². The van der Waals surface area contributed by atoms with E-state index in [9.17, 15) is 9.90 Å². The summed E-state index contributed by atoms with van der Waals surface area (Å²) >= 11 is 0. The average molecular weight is 390 g/mol. The van der Waals surface area contributed by atoms with Crippen molar-refractivity contribution in [3.05, 3.63) is 72.6 Å². The largest absolute Gasteiger partial charge is 0.507 e. The first-order valence-electron chi connectivity index (χ1n) is 9.58. The second-order valence-corrected chi connectivity index (χ2v) is 6.88. The van der Waals surface area contributed by atoms with Crippen LogP contribution in [0, 0.1) is 0 Å². The number of phenolic OH excluding ortho intramolecular Hbond substituents is 1. The smallest absolute Gasteiger partial charge is 0.255 e. The minimum absolute atomic E-state index is 0.0283. The number of hydrogen-bond donors (Lipinski definition) is 2. The molecule has 1 aromatic heterocycles. The lowest BCUT2D eigenvalue weighted by Gasteiger charge is -2.32. The number of amides is 1. The second-order valence-electron chi connectivity index (χ2n) is 6.88. The van der Waals surface area contributed by atoms with Crippen molar-refractivity contribution in [3.63, 3.8) is 0 Å². The van der Waals surface area contributed by atoms with E-state index in [1.54, 1.807) is 30.6 Å². The molecule has 0 spiro atoms. The predicted molar refractivity (Wildman–Crippen MR) is 109 cm³/mol. The minimum Gasteiger partial charge on any atom is -0.507 e. The maximum absolute atomic E-state index is 12.7. The number of aromatic hydroxyl groups is 1. The summed E-state index contributed by atoms with van der Waals surface area (Å²) in [4.78, 5) is 23.4. The molecule has 1 saturated heterocycles. The van der Waals surface area contributed by atoms with Crippen LogP contribution in [0.25, 0.3) is 0 Å². The maximum Gasteiger partial charge on any atom is 0.255 e. The van der Waals surface area contributed by atoms with Gasteiger partial charge in [0.2, 0.25) is 5.95 Å². The van der Waals surface area contributed by atoms with Gasteiger partial charge in [-0.1, -0.05) is 18.2 Å². The van der Waals surface area contributed by atoms with Gasteiger partial charge >= 0.3 is 0 Å². The van der Waals surface area contributed by atoms with E-state index in [1.165, 1.54) is 6.07 Å². The summed E-state index contributed by atoms with van der Waals surface area (Å²) in [6.45, 7) is 1.52. The van der Waals surface area contributed by atoms with Crippen molar-refractivity contribution < 1.29 is 14.6 Å². The molecule has 29 heavy (non-hydrogen) atoms. The van der Waals surface area contributed by atoms with Crippen molar-refractivity contribution in [2.75, 3.05) is 18.0 Å². The Morgan fingerprint density at radius 1 is 1.00 bits per heavy atom. The molecule has 2 heterocycles. The van der Waals surface area contributed by atoms with Crippen LogP contribution in [0.1, 0.15) is 23.2 Å². The van der Waals surface area contributed by atoms with Gasteiger partial charge in [0.15, 0.2) is 0 Å². The Balaban J connectivity index is 1.38. The third kappa shape index (κ3) is 4.63. The Hall–Kier alpha value is -3.61. The first-order valence-corrected chi connectivity index (χ1v) is 9.58. The molecule has 4 rings (SSSR count).